The molecule has 0 aliphatic carbocycles. The number of nitrogens with one attached hydrogen (secondary N) is 1. The van der Waals surface area contributed by atoms with Crippen LogP contribution in [0.1, 0.15) is 16.7 Å². The van der Waals surface area contributed by atoms with Crippen molar-refractivity contribution in [1.82, 2.24) is 9.62 Å². The fraction of sp³-hybridized carbons (Fsp3) is 0.235. The maximum Gasteiger partial charge on any atom is 0.331 e. The SMILES string of the molecule is Cc1ccc(S(=O)(=O)NC(=O)N2CCc3ccccc3C2)cc1. The number of hydrogen-bond acceptors (Lipinski definition) is 3. The van der Waals surface area contributed by atoms with Gasteiger partial charge in [0.15, 0.2) is 0 Å². The zero-order valence-electron chi connectivity index (χ0n) is 12.8. The van der Waals surface area contributed by atoms with Crippen LogP contribution in [0.5, 0.6) is 0 Å². The van der Waals surface area contributed by atoms with Gasteiger partial charge in [0.1, 0.15) is 0 Å². The Morgan fingerprint density at radius 2 is 1.70 bits per heavy atom. The molecule has 0 fully saturated rings. The summed E-state index contributed by atoms with van der Waals surface area (Å²) in [7, 11) is -3.84. The zero-order chi connectivity index (χ0) is 16.4. The first-order valence-electron chi connectivity index (χ1n) is 7.41. The van der Waals surface area contributed by atoms with E-state index in [0.29, 0.717) is 13.1 Å². The Balaban J connectivity index is 1.73. The van der Waals surface area contributed by atoms with Crippen LogP contribution in [0, 0.1) is 6.92 Å². The number of hydrogen-bond donors (Lipinski definition) is 1. The average Bonchev–Trinajstić information content (AvgIpc) is 2.54. The standard InChI is InChI=1S/C17H18N2O3S/c1-13-6-8-16(9-7-13)23(21,22)18-17(20)19-11-10-14-4-2-3-5-15(14)12-19/h2-9H,10-12H2,1H3,(H,18,20). The smallest absolute Gasteiger partial charge is 0.319 e. The second-order valence-electron chi connectivity index (χ2n) is 5.66. The molecule has 0 unspecified atom stereocenters. The highest BCUT2D eigenvalue weighted by Gasteiger charge is 2.24. The Morgan fingerprint density at radius 3 is 2.39 bits per heavy atom. The van der Waals surface area contributed by atoms with E-state index in [2.05, 4.69) is 4.72 Å². The molecule has 0 saturated carbocycles. The summed E-state index contributed by atoms with van der Waals surface area (Å²) >= 11 is 0. The molecule has 3 rings (SSSR count). The zero-order valence-corrected chi connectivity index (χ0v) is 13.6. The molecule has 1 N–H and O–H groups in total. The normalized spacial score (nSPS) is 14.2. The number of fused-ring (bicyclic) bond motifs is 1. The first-order chi connectivity index (χ1) is 11.0. The van der Waals surface area contributed by atoms with E-state index in [9.17, 15) is 13.2 Å². The molecular formula is C17H18N2O3S. The largest absolute Gasteiger partial charge is 0.331 e. The van der Waals surface area contributed by atoms with Crippen LogP contribution in [0.4, 0.5) is 4.79 Å². The van der Waals surface area contributed by atoms with Crippen LogP contribution >= 0.6 is 0 Å². The minimum Gasteiger partial charge on any atom is -0.319 e. The molecule has 0 bridgehead atoms. The van der Waals surface area contributed by atoms with E-state index in [1.807, 2.05) is 31.2 Å². The van der Waals surface area contributed by atoms with Crippen LogP contribution in [-0.2, 0) is 23.0 Å². The summed E-state index contributed by atoms with van der Waals surface area (Å²) in [5, 5.41) is 0. The number of rotatable bonds is 2. The van der Waals surface area contributed by atoms with Gasteiger partial charge >= 0.3 is 6.03 Å². The lowest BCUT2D eigenvalue weighted by Gasteiger charge is -2.28. The molecule has 23 heavy (non-hydrogen) atoms. The minimum atomic E-state index is -3.84. The monoisotopic (exact) mass is 330 g/mol. The number of benzene rings is 2. The Morgan fingerprint density at radius 1 is 1.04 bits per heavy atom. The van der Waals surface area contributed by atoms with Gasteiger partial charge in [-0.05, 0) is 36.6 Å². The van der Waals surface area contributed by atoms with Gasteiger partial charge in [-0.1, -0.05) is 42.0 Å². The lowest BCUT2D eigenvalue weighted by atomic mass is 10.0. The van der Waals surface area contributed by atoms with Crippen LogP contribution in [-0.4, -0.2) is 25.9 Å². The van der Waals surface area contributed by atoms with Crippen molar-refractivity contribution in [3.8, 4) is 0 Å². The van der Waals surface area contributed by atoms with Gasteiger partial charge in [0.2, 0.25) is 0 Å². The summed E-state index contributed by atoms with van der Waals surface area (Å²) < 4.78 is 26.7. The lowest BCUT2D eigenvalue weighted by Crippen LogP contribution is -2.44. The molecule has 6 heteroatoms. The molecule has 0 atom stereocenters. The maximum atomic E-state index is 12.3. The fourth-order valence-electron chi connectivity index (χ4n) is 2.62. The number of amides is 2. The summed E-state index contributed by atoms with van der Waals surface area (Å²) in [6.07, 6.45) is 0.730. The van der Waals surface area contributed by atoms with Crippen molar-refractivity contribution in [1.29, 1.82) is 0 Å². The maximum absolute atomic E-state index is 12.3. The topological polar surface area (TPSA) is 66.5 Å². The van der Waals surface area contributed by atoms with E-state index >= 15 is 0 Å². The molecule has 0 spiro atoms. The molecule has 1 heterocycles. The number of aryl methyl sites for hydroxylation is 1. The first-order valence-corrected chi connectivity index (χ1v) is 8.89. The number of carbonyl (C=O) groups is 1. The summed E-state index contributed by atoms with van der Waals surface area (Å²) in [4.78, 5) is 13.9. The van der Waals surface area contributed by atoms with Gasteiger partial charge < -0.3 is 4.90 Å². The van der Waals surface area contributed by atoms with Crippen LogP contribution in [0.15, 0.2) is 53.4 Å². The Hall–Kier alpha value is -2.34. The van der Waals surface area contributed by atoms with Crippen molar-refractivity contribution >= 4 is 16.1 Å². The Kier molecular flexibility index (Phi) is 4.09. The Labute approximate surface area is 136 Å². The summed E-state index contributed by atoms with van der Waals surface area (Å²) in [5.41, 5.74) is 3.22. The summed E-state index contributed by atoms with van der Waals surface area (Å²) in [6, 6.07) is 13.7. The molecular weight excluding hydrogens is 312 g/mol. The molecule has 1 aliphatic rings. The van der Waals surface area contributed by atoms with E-state index < -0.39 is 16.1 Å². The highest BCUT2D eigenvalue weighted by atomic mass is 32.2. The van der Waals surface area contributed by atoms with Gasteiger partial charge in [-0.25, -0.2) is 17.9 Å². The van der Waals surface area contributed by atoms with E-state index in [-0.39, 0.29) is 4.90 Å². The fourth-order valence-corrected chi connectivity index (χ4v) is 3.60. The van der Waals surface area contributed by atoms with E-state index in [4.69, 9.17) is 0 Å². The summed E-state index contributed by atoms with van der Waals surface area (Å²) in [6.45, 7) is 2.80. The van der Waals surface area contributed by atoms with Crippen molar-refractivity contribution in [3.05, 3.63) is 65.2 Å². The average molecular weight is 330 g/mol. The third kappa shape index (κ3) is 3.37. The van der Waals surface area contributed by atoms with Gasteiger partial charge in [0.25, 0.3) is 10.0 Å². The second-order valence-corrected chi connectivity index (χ2v) is 7.35. The van der Waals surface area contributed by atoms with Crippen LogP contribution in [0.25, 0.3) is 0 Å². The van der Waals surface area contributed by atoms with E-state index in [0.717, 1.165) is 17.5 Å². The van der Waals surface area contributed by atoms with Gasteiger partial charge in [0.05, 0.1) is 4.90 Å². The number of carbonyl (C=O) groups excluding carboxylic acids is 1. The quantitative estimate of drug-likeness (QED) is 0.920. The molecule has 2 aromatic carbocycles. The summed E-state index contributed by atoms with van der Waals surface area (Å²) in [5.74, 6) is 0. The number of urea groups is 1. The second kappa shape index (κ2) is 6.04. The van der Waals surface area contributed by atoms with Gasteiger partial charge in [-0.3, -0.25) is 0 Å². The van der Waals surface area contributed by atoms with E-state index in [1.54, 1.807) is 12.1 Å². The minimum absolute atomic E-state index is 0.0915. The third-order valence-corrected chi connectivity index (χ3v) is 5.31. The number of nitrogens with zero attached hydrogens (tertiary/aromatic N) is 1. The van der Waals surface area contributed by atoms with Crippen molar-refractivity contribution in [3.63, 3.8) is 0 Å². The lowest BCUT2D eigenvalue weighted by molar-refractivity contribution is 0.198. The highest BCUT2D eigenvalue weighted by molar-refractivity contribution is 7.90. The predicted octanol–water partition coefficient (Wildman–Crippen LogP) is 2.45. The third-order valence-electron chi connectivity index (χ3n) is 3.97. The molecule has 120 valence electrons. The molecule has 1 aliphatic heterocycles. The van der Waals surface area contributed by atoms with Crippen LogP contribution < -0.4 is 4.72 Å². The number of sulfonamides is 1. The molecule has 0 radical (unpaired) electrons. The van der Waals surface area contributed by atoms with Crippen molar-refractivity contribution in [2.24, 2.45) is 0 Å². The van der Waals surface area contributed by atoms with Crippen molar-refractivity contribution in [2.45, 2.75) is 24.8 Å². The first kappa shape index (κ1) is 15.6. The van der Waals surface area contributed by atoms with Crippen molar-refractivity contribution < 1.29 is 13.2 Å². The molecule has 0 aromatic heterocycles. The van der Waals surface area contributed by atoms with Crippen molar-refractivity contribution in [2.75, 3.05) is 6.54 Å². The predicted molar refractivity (Wildman–Crippen MR) is 87.5 cm³/mol. The van der Waals surface area contributed by atoms with E-state index in [1.165, 1.54) is 22.6 Å². The molecule has 0 saturated heterocycles. The van der Waals surface area contributed by atoms with Gasteiger partial charge in [0, 0.05) is 13.1 Å². The van der Waals surface area contributed by atoms with Crippen LogP contribution in [0.2, 0.25) is 0 Å². The molecule has 2 aromatic rings. The van der Waals surface area contributed by atoms with Crippen LogP contribution in [0.3, 0.4) is 0 Å². The Bertz CT molecular complexity index is 829. The highest BCUT2D eigenvalue weighted by Crippen LogP contribution is 2.19. The molecule has 5 nitrogen and oxygen atoms in total. The molecule has 2 amide bonds. The van der Waals surface area contributed by atoms with Gasteiger partial charge in [-0.2, -0.15) is 0 Å². The van der Waals surface area contributed by atoms with Gasteiger partial charge in [-0.15, -0.1) is 0 Å².